The predicted octanol–water partition coefficient (Wildman–Crippen LogP) is 3.49. The van der Waals surface area contributed by atoms with Crippen LogP contribution in [0.4, 0.5) is 0 Å². The van der Waals surface area contributed by atoms with Gasteiger partial charge in [-0.1, -0.05) is 13.0 Å². The molecule has 7 nitrogen and oxygen atoms in total. The van der Waals surface area contributed by atoms with Gasteiger partial charge in [-0.05, 0) is 24.3 Å². The lowest BCUT2D eigenvalue weighted by Gasteiger charge is -2.12. The third-order valence-corrected chi connectivity index (χ3v) is 4.21. The van der Waals surface area contributed by atoms with E-state index in [-0.39, 0.29) is 29.1 Å². The van der Waals surface area contributed by atoms with Crippen molar-refractivity contribution in [3.8, 4) is 23.5 Å². The molecule has 0 fully saturated rings. The summed E-state index contributed by atoms with van der Waals surface area (Å²) in [4.78, 5) is 20.4. The molecule has 1 aromatic carbocycles. The topological polar surface area (TPSA) is 90.8 Å². The van der Waals surface area contributed by atoms with Gasteiger partial charge < -0.3 is 19.3 Å². The average molecular weight is 350 g/mol. The van der Waals surface area contributed by atoms with Crippen LogP contribution in [-0.4, -0.2) is 41.0 Å². The Morgan fingerprint density at radius 2 is 1.88 bits per heavy atom. The monoisotopic (exact) mass is 350 g/mol. The SMILES string of the molecule is CCCSc1cccc(Oc2nc(OC)cc(OC)n2)c1C(=O)O. The maximum absolute atomic E-state index is 11.7. The minimum atomic E-state index is -1.07. The number of carboxylic acids is 1. The lowest BCUT2D eigenvalue weighted by Crippen LogP contribution is -2.04. The number of rotatable bonds is 8. The number of hydrogen-bond acceptors (Lipinski definition) is 7. The summed E-state index contributed by atoms with van der Waals surface area (Å²) < 4.78 is 15.7. The second kappa shape index (κ2) is 8.39. The highest BCUT2D eigenvalue weighted by molar-refractivity contribution is 7.99. The highest BCUT2D eigenvalue weighted by Gasteiger charge is 2.19. The molecule has 0 aliphatic heterocycles. The number of nitrogens with zero attached hydrogens (tertiary/aromatic N) is 2. The molecule has 0 amide bonds. The summed E-state index contributed by atoms with van der Waals surface area (Å²) in [6.07, 6.45) is 0.936. The fourth-order valence-corrected chi connectivity index (χ4v) is 2.81. The number of carboxylic acid groups (broad SMARTS) is 1. The number of aromatic nitrogens is 2. The number of ether oxygens (including phenoxy) is 3. The first-order valence-electron chi connectivity index (χ1n) is 7.23. The number of thioether (sulfide) groups is 1. The maximum Gasteiger partial charge on any atom is 0.340 e. The Morgan fingerprint density at radius 1 is 1.21 bits per heavy atom. The molecule has 0 spiro atoms. The highest BCUT2D eigenvalue weighted by Crippen LogP contribution is 2.33. The Balaban J connectivity index is 2.40. The molecular formula is C16H18N2O5S. The Hall–Kier alpha value is -2.48. The second-order valence-corrected chi connectivity index (χ2v) is 5.76. The normalized spacial score (nSPS) is 10.3. The number of methoxy groups -OCH3 is 2. The summed E-state index contributed by atoms with van der Waals surface area (Å²) in [6.45, 7) is 2.03. The highest BCUT2D eigenvalue weighted by atomic mass is 32.2. The van der Waals surface area contributed by atoms with Crippen molar-refractivity contribution < 1.29 is 24.1 Å². The standard InChI is InChI=1S/C16H18N2O5S/c1-4-8-24-11-7-5-6-10(14(11)15(19)20)23-16-17-12(21-2)9-13(18-16)22-3/h5-7,9H,4,8H2,1-3H3,(H,19,20). The Kier molecular flexibility index (Phi) is 6.25. The quantitative estimate of drug-likeness (QED) is 0.724. The molecule has 0 radical (unpaired) electrons. The van der Waals surface area contributed by atoms with Crippen LogP contribution in [0, 0.1) is 0 Å². The molecule has 0 saturated carbocycles. The van der Waals surface area contributed by atoms with Crippen LogP contribution in [0.2, 0.25) is 0 Å². The van der Waals surface area contributed by atoms with Crippen LogP contribution in [0.1, 0.15) is 23.7 Å². The second-order valence-electron chi connectivity index (χ2n) is 4.62. The van der Waals surface area contributed by atoms with Gasteiger partial charge in [-0.25, -0.2) is 4.79 Å². The van der Waals surface area contributed by atoms with Gasteiger partial charge in [0.2, 0.25) is 11.8 Å². The van der Waals surface area contributed by atoms with Gasteiger partial charge in [0.15, 0.2) is 0 Å². The van der Waals surface area contributed by atoms with Gasteiger partial charge in [-0.3, -0.25) is 0 Å². The number of aromatic carboxylic acids is 1. The van der Waals surface area contributed by atoms with E-state index in [9.17, 15) is 9.90 Å². The van der Waals surface area contributed by atoms with Gasteiger partial charge in [-0.2, -0.15) is 9.97 Å². The Labute approximate surface area is 144 Å². The van der Waals surface area contributed by atoms with E-state index >= 15 is 0 Å². The van der Waals surface area contributed by atoms with Crippen LogP contribution < -0.4 is 14.2 Å². The third-order valence-electron chi connectivity index (χ3n) is 2.94. The van der Waals surface area contributed by atoms with Crippen LogP contribution in [0.25, 0.3) is 0 Å². The average Bonchev–Trinajstić information content (AvgIpc) is 2.59. The molecular weight excluding hydrogens is 332 g/mol. The van der Waals surface area contributed by atoms with E-state index in [2.05, 4.69) is 9.97 Å². The Morgan fingerprint density at radius 3 is 2.42 bits per heavy atom. The van der Waals surface area contributed by atoms with E-state index in [0.717, 1.165) is 12.2 Å². The van der Waals surface area contributed by atoms with Gasteiger partial charge in [0.1, 0.15) is 11.3 Å². The van der Waals surface area contributed by atoms with Crippen LogP contribution in [0.3, 0.4) is 0 Å². The van der Waals surface area contributed by atoms with Gasteiger partial charge in [0.05, 0.1) is 20.3 Å². The molecule has 2 rings (SSSR count). The van der Waals surface area contributed by atoms with E-state index in [4.69, 9.17) is 14.2 Å². The van der Waals surface area contributed by atoms with E-state index in [0.29, 0.717) is 4.90 Å². The van der Waals surface area contributed by atoms with Crippen LogP contribution in [0.5, 0.6) is 23.5 Å². The number of hydrogen-bond donors (Lipinski definition) is 1. The predicted molar refractivity (Wildman–Crippen MR) is 89.6 cm³/mol. The first kappa shape index (κ1) is 17.9. The molecule has 8 heteroatoms. The zero-order chi connectivity index (χ0) is 17.5. The lowest BCUT2D eigenvalue weighted by atomic mass is 10.2. The Bertz CT molecular complexity index is 701. The molecule has 0 aliphatic rings. The van der Waals surface area contributed by atoms with Crippen molar-refractivity contribution in [2.24, 2.45) is 0 Å². The van der Waals surface area contributed by atoms with Crippen molar-refractivity contribution in [3.05, 3.63) is 29.8 Å². The molecule has 0 unspecified atom stereocenters. The first-order valence-corrected chi connectivity index (χ1v) is 8.21. The molecule has 1 N–H and O–H groups in total. The zero-order valence-electron chi connectivity index (χ0n) is 13.6. The van der Waals surface area contributed by atoms with Crippen molar-refractivity contribution in [2.75, 3.05) is 20.0 Å². The number of benzene rings is 1. The van der Waals surface area contributed by atoms with Crippen molar-refractivity contribution in [1.82, 2.24) is 9.97 Å². The molecule has 0 saturated heterocycles. The fourth-order valence-electron chi connectivity index (χ4n) is 1.88. The molecule has 0 atom stereocenters. The summed E-state index contributed by atoms with van der Waals surface area (Å²) in [5.41, 5.74) is 0.0846. The lowest BCUT2D eigenvalue weighted by molar-refractivity contribution is 0.0690. The van der Waals surface area contributed by atoms with E-state index in [1.807, 2.05) is 6.92 Å². The summed E-state index contributed by atoms with van der Waals surface area (Å²) in [5.74, 6) is 0.418. The molecule has 0 bridgehead atoms. The molecule has 1 aromatic heterocycles. The van der Waals surface area contributed by atoms with Gasteiger partial charge >= 0.3 is 12.0 Å². The van der Waals surface area contributed by atoms with E-state index in [1.165, 1.54) is 32.0 Å². The summed E-state index contributed by atoms with van der Waals surface area (Å²) >= 11 is 1.46. The van der Waals surface area contributed by atoms with E-state index in [1.54, 1.807) is 18.2 Å². The van der Waals surface area contributed by atoms with E-state index < -0.39 is 5.97 Å². The van der Waals surface area contributed by atoms with Crippen molar-refractivity contribution in [3.63, 3.8) is 0 Å². The van der Waals surface area contributed by atoms with Crippen molar-refractivity contribution >= 4 is 17.7 Å². The molecule has 1 heterocycles. The summed E-state index contributed by atoms with van der Waals surface area (Å²) in [5, 5.41) is 9.54. The minimum Gasteiger partial charge on any atom is -0.481 e. The summed E-state index contributed by atoms with van der Waals surface area (Å²) in [7, 11) is 2.91. The fraction of sp³-hybridized carbons (Fsp3) is 0.312. The van der Waals surface area contributed by atoms with Crippen LogP contribution in [-0.2, 0) is 0 Å². The van der Waals surface area contributed by atoms with Crippen LogP contribution in [0.15, 0.2) is 29.2 Å². The van der Waals surface area contributed by atoms with Gasteiger partial charge in [0, 0.05) is 4.90 Å². The largest absolute Gasteiger partial charge is 0.481 e. The van der Waals surface area contributed by atoms with Gasteiger partial charge in [0.25, 0.3) is 0 Å². The zero-order valence-corrected chi connectivity index (χ0v) is 14.4. The smallest absolute Gasteiger partial charge is 0.340 e. The molecule has 128 valence electrons. The molecule has 2 aromatic rings. The number of carbonyl (C=O) groups is 1. The maximum atomic E-state index is 11.7. The van der Waals surface area contributed by atoms with Crippen molar-refractivity contribution in [2.45, 2.75) is 18.2 Å². The molecule has 0 aliphatic carbocycles. The van der Waals surface area contributed by atoms with Crippen molar-refractivity contribution in [1.29, 1.82) is 0 Å². The third kappa shape index (κ3) is 4.29. The van der Waals surface area contributed by atoms with Gasteiger partial charge in [-0.15, -0.1) is 11.8 Å². The molecule has 24 heavy (non-hydrogen) atoms. The van der Waals surface area contributed by atoms with Crippen LogP contribution >= 0.6 is 11.8 Å². The summed E-state index contributed by atoms with van der Waals surface area (Å²) in [6, 6.07) is 6.50. The minimum absolute atomic E-state index is 0.0497. The first-order chi connectivity index (χ1) is 11.6.